The molecule has 92 valence electrons. The van der Waals surface area contributed by atoms with Gasteiger partial charge in [-0.3, -0.25) is 5.10 Å². The molecule has 1 aromatic carbocycles. The van der Waals surface area contributed by atoms with Crippen molar-refractivity contribution in [3.8, 4) is 11.3 Å². The molecule has 0 bridgehead atoms. The van der Waals surface area contributed by atoms with Crippen molar-refractivity contribution in [1.82, 2.24) is 10.2 Å². The molecule has 2 aromatic rings. The topological polar surface area (TPSA) is 57.9 Å². The van der Waals surface area contributed by atoms with Crippen molar-refractivity contribution in [1.29, 1.82) is 0 Å². The van der Waals surface area contributed by atoms with Gasteiger partial charge >= 0.3 is 0 Å². The number of aromatic nitrogens is 2. The number of aromatic amines is 1. The molecule has 18 heavy (non-hydrogen) atoms. The van der Waals surface area contributed by atoms with E-state index in [1.165, 1.54) is 22.4 Å². The fraction of sp³-hybridized carbons (Fsp3) is 0.357. The Kier molecular flexibility index (Phi) is 2.02. The number of nitrogens with zero attached hydrogens (tertiary/aromatic N) is 2. The summed E-state index contributed by atoms with van der Waals surface area (Å²) in [5.41, 5.74) is 11.2. The molecular formula is C14H16N4. The van der Waals surface area contributed by atoms with Gasteiger partial charge in [0, 0.05) is 36.7 Å². The predicted molar refractivity (Wildman–Crippen MR) is 71.6 cm³/mol. The number of hydrogen-bond donors (Lipinski definition) is 2. The summed E-state index contributed by atoms with van der Waals surface area (Å²) in [6, 6.07) is 8.84. The second-order valence-corrected chi connectivity index (χ2v) is 5.23. The zero-order valence-corrected chi connectivity index (χ0v) is 10.2. The summed E-state index contributed by atoms with van der Waals surface area (Å²) in [5.74, 6) is 1.11. The molecule has 4 rings (SSSR count). The summed E-state index contributed by atoms with van der Waals surface area (Å²) >= 11 is 0. The van der Waals surface area contributed by atoms with Gasteiger partial charge in [-0.25, -0.2) is 0 Å². The van der Waals surface area contributed by atoms with E-state index in [0.29, 0.717) is 6.04 Å². The molecule has 1 aliphatic heterocycles. The lowest BCUT2D eigenvalue weighted by atomic mass is 10.1. The highest BCUT2D eigenvalue weighted by atomic mass is 15.3. The first-order valence-corrected chi connectivity index (χ1v) is 6.49. The van der Waals surface area contributed by atoms with Gasteiger partial charge in [-0.1, -0.05) is 24.3 Å². The van der Waals surface area contributed by atoms with Gasteiger partial charge in [-0.2, -0.15) is 5.10 Å². The third kappa shape index (κ3) is 1.32. The van der Waals surface area contributed by atoms with Gasteiger partial charge in [0.25, 0.3) is 0 Å². The molecule has 0 amide bonds. The van der Waals surface area contributed by atoms with Crippen LogP contribution in [0.2, 0.25) is 0 Å². The third-order valence-electron chi connectivity index (χ3n) is 4.02. The minimum absolute atomic E-state index is 0.293. The number of fused-ring (bicyclic) bond motifs is 3. The smallest absolute Gasteiger partial charge is 0.154 e. The van der Waals surface area contributed by atoms with Crippen molar-refractivity contribution in [3.63, 3.8) is 0 Å². The predicted octanol–water partition coefficient (Wildman–Crippen LogP) is 1.52. The number of nitrogens with one attached hydrogen (secondary N) is 1. The Morgan fingerprint density at radius 3 is 3.06 bits per heavy atom. The van der Waals surface area contributed by atoms with E-state index < -0.39 is 0 Å². The molecule has 1 unspecified atom stereocenters. The van der Waals surface area contributed by atoms with E-state index in [-0.39, 0.29) is 0 Å². The first-order valence-electron chi connectivity index (χ1n) is 6.49. The summed E-state index contributed by atoms with van der Waals surface area (Å²) in [6.07, 6.45) is 2.05. The van der Waals surface area contributed by atoms with Crippen molar-refractivity contribution in [2.45, 2.75) is 18.9 Å². The fourth-order valence-corrected chi connectivity index (χ4v) is 3.10. The third-order valence-corrected chi connectivity index (χ3v) is 4.02. The van der Waals surface area contributed by atoms with Gasteiger partial charge in [-0.05, 0) is 12.0 Å². The summed E-state index contributed by atoms with van der Waals surface area (Å²) in [4.78, 5) is 2.31. The molecule has 1 aliphatic carbocycles. The number of hydrogen-bond acceptors (Lipinski definition) is 3. The Hall–Kier alpha value is -1.81. The molecule has 1 fully saturated rings. The Balaban J connectivity index is 1.76. The van der Waals surface area contributed by atoms with Crippen LogP contribution in [0.1, 0.15) is 17.5 Å². The Morgan fingerprint density at radius 2 is 2.22 bits per heavy atom. The molecule has 1 aromatic heterocycles. The quantitative estimate of drug-likeness (QED) is 0.678. The van der Waals surface area contributed by atoms with E-state index in [0.717, 1.165) is 31.7 Å². The van der Waals surface area contributed by atoms with E-state index >= 15 is 0 Å². The summed E-state index contributed by atoms with van der Waals surface area (Å²) < 4.78 is 0. The molecule has 0 saturated carbocycles. The highest BCUT2D eigenvalue weighted by molar-refractivity contribution is 5.78. The maximum Gasteiger partial charge on any atom is 0.154 e. The lowest BCUT2D eigenvalue weighted by Gasteiger charge is -2.15. The molecule has 1 saturated heterocycles. The SMILES string of the molecule is NC1CCN(c2n[nH]c3c2Cc2ccccc2-3)C1. The zero-order chi connectivity index (χ0) is 12.1. The molecule has 1 atom stereocenters. The van der Waals surface area contributed by atoms with Crippen molar-refractivity contribution in [2.75, 3.05) is 18.0 Å². The van der Waals surface area contributed by atoms with Crippen LogP contribution >= 0.6 is 0 Å². The zero-order valence-electron chi connectivity index (χ0n) is 10.2. The van der Waals surface area contributed by atoms with Gasteiger partial charge < -0.3 is 10.6 Å². The highest BCUT2D eigenvalue weighted by Gasteiger charge is 2.29. The Labute approximate surface area is 106 Å². The van der Waals surface area contributed by atoms with Crippen molar-refractivity contribution < 1.29 is 0 Å². The van der Waals surface area contributed by atoms with Crippen LogP contribution in [-0.4, -0.2) is 29.3 Å². The van der Waals surface area contributed by atoms with Gasteiger partial charge in [-0.15, -0.1) is 0 Å². The highest BCUT2D eigenvalue weighted by Crippen LogP contribution is 2.40. The molecule has 2 aliphatic rings. The maximum atomic E-state index is 5.98. The minimum Gasteiger partial charge on any atom is -0.353 e. The van der Waals surface area contributed by atoms with E-state index in [1.54, 1.807) is 0 Å². The van der Waals surface area contributed by atoms with Gasteiger partial charge in [0.1, 0.15) is 0 Å². The summed E-state index contributed by atoms with van der Waals surface area (Å²) in [7, 11) is 0. The Bertz CT molecular complexity index is 602. The lowest BCUT2D eigenvalue weighted by molar-refractivity contribution is 0.751. The molecule has 4 heteroatoms. The van der Waals surface area contributed by atoms with Crippen molar-refractivity contribution >= 4 is 5.82 Å². The van der Waals surface area contributed by atoms with Crippen LogP contribution in [0, 0.1) is 0 Å². The number of anilines is 1. The number of rotatable bonds is 1. The average molecular weight is 240 g/mol. The monoisotopic (exact) mass is 240 g/mol. The number of benzene rings is 1. The standard InChI is InChI=1S/C14H16N4/c15-10-5-6-18(8-10)14-12-7-9-3-1-2-4-11(9)13(12)16-17-14/h1-4,10H,5-8,15H2,(H,16,17). The van der Waals surface area contributed by atoms with E-state index in [9.17, 15) is 0 Å². The summed E-state index contributed by atoms with van der Waals surface area (Å²) in [6.45, 7) is 1.95. The summed E-state index contributed by atoms with van der Waals surface area (Å²) in [5, 5.41) is 7.70. The second kappa shape index (κ2) is 3.59. The van der Waals surface area contributed by atoms with Crippen LogP contribution < -0.4 is 10.6 Å². The molecule has 0 radical (unpaired) electrons. The molecular weight excluding hydrogens is 224 g/mol. The fourth-order valence-electron chi connectivity index (χ4n) is 3.10. The lowest BCUT2D eigenvalue weighted by Crippen LogP contribution is -2.27. The first-order chi connectivity index (χ1) is 8.83. The van der Waals surface area contributed by atoms with Crippen LogP contribution in [0.15, 0.2) is 24.3 Å². The van der Waals surface area contributed by atoms with Crippen LogP contribution in [0.3, 0.4) is 0 Å². The largest absolute Gasteiger partial charge is 0.353 e. The Morgan fingerprint density at radius 1 is 1.33 bits per heavy atom. The van der Waals surface area contributed by atoms with E-state index in [2.05, 4.69) is 39.4 Å². The van der Waals surface area contributed by atoms with Crippen LogP contribution in [-0.2, 0) is 6.42 Å². The number of nitrogens with two attached hydrogens (primary N) is 1. The second-order valence-electron chi connectivity index (χ2n) is 5.23. The van der Waals surface area contributed by atoms with Crippen molar-refractivity contribution in [2.24, 2.45) is 5.73 Å². The molecule has 0 spiro atoms. The van der Waals surface area contributed by atoms with Gasteiger partial charge in [0.15, 0.2) is 5.82 Å². The molecule has 2 heterocycles. The van der Waals surface area contributed by atoms with Gasteiger partial charge in [0.05, 0.1) is 5.69 Å². The van der Waals surface area contributed by atoms with E-state index in [4.69, 9.17) is 5.73 Å². The van der Waals surface area contributed by atoms with Gasteiger partial charge in [0.2, 0.25) is 0 Å². The number of H-pyrrole nitrogens is 1. The normalized spacial score (nSPS) is 21.2. The van der Waals surface area contributed by atoms with Crippen LogP contribution in [0.5, 0.6) is 0 Å². The molecule has 4 nitrogen and oxygen atoms in total. The molecule has 3 N–H and O–H groups in total. The van der Waals surface area contributed by atoms with Crippen LogP contribution in [0.25, 0.3) is 11.3 Å². The average Bonchev–Trinajstić information content (AvgIpc) is 3.03. The maximum absolute atomic E-state index is 5.98. The van der Waals surface area contributed by atoms with Crippen molar-refractivity contribution in [3.05, 3.63) is 35.4 Å². The minimum atomic E-state index is 0.293. The first kappa shape index (κ1) is 10.1. The van der Waals surface area contributed by atoms with E-state index in [1.807, 2.05) is 0 Å². The van der Waals surface area contributed by atoms with Crippen LogP contribution in [0.4, 0.5) is 5.82 Å².